The van der Waals surface area contributed by atoms with Crippen LogP contribution in [0.25, 0.3) is 54.2 Å². The monoisotopic (exact) mass is 639 g/mol. The molecule has 0 N–H and O–H groups in total. The molecule has 2 nitrogen and oxygen atoms in total. The number of benzene rings is 7. The predicted molar refractivity (Wildman–Crippen MR) is 207 cm³/mol. The molecule has 0 saturated carbocycles. The summed E-state index contributed by atoms with van der Waals surface area (Å²) in [5.41, 5.74) is 4.72. The number of aryl methyl sites for hydroxylation is 2. The highest BCUT2D eigenvalue weighted by atomic mass is 31.2. The fourth-order valence-electron chi connectivity index (χ4n) is 7.46. The molecular formula is C45H38NOP. The maximum absolute atomic E-state index is 15.4. The van der Waals surface area contributed by atoms with Gasteiger partial charge in [0.25, 0.3) is 0 Å². The van der Waals surface area contributed by atoms with Crippen molar-refractivity contribution in [2.75, 3.05) is 0 Å². The van der Waals surface area contributed by atoms with Crippen molar-refractivity contribution >= 4 is 66.1 Å². The van der Waals surface area contributed by atoms with Crippen LogP contribution in [0, 0.1) is 0 Å². The zero-order chi connectivity index (χ0) is 32.7. The summed E-state index contributed by atoms with van der Waals surface area (Å²) in [7, 11) is -3.16. The highest BCUT2D eigenvalue weighted by Gasteiger charge is 2.30. The standard InChI is InChI=1S/C45H38NOP/c1-3-12-31-20-23-39-32(26-31)21-24-40-42(39)29-43-41(25-22-33-27-35(13-4-2)46-30-44(33)43)45(40)34-14-11-19-38(28-34)48(47,36-15-7-5-8-16-36)37-17-9-6-10-18-37/h5-11,14-30H,3-4,12-13H2,1-2H3. The number of nitrogens with zero attached hydrogens (tertiary/aromatic N) is 1. The molecule has 0 aliphatic heterocycles. The molecule has 0 amide bonds. The van der Waals surface area contributed by atoms with Crippen molar-refractivity contribution in [2.24, 2.45) is 0 Å². The van der Waals surface area contributed by atoms with Gasteiger partial charge in [0.2, 0.25) is 0 Å². The van der Waals surface area contributed by atoms with Crippen LogP contribution in [-0.2, 0) is 17.4 Å². The van der Waals surface area contributed by atoms with Crippen LogP contribution in [0.5, 0.6) is 0 Å². The van der Waals surface area contributed by atoms with Crippen LogP contribution in [0.3, 0.4) is 0 Å². The van der Waals surface area contributed by atoms with E-state index in [1.165, 1.54) is 43.3 Å². The summed E-state index contributed by atoms with van der Waals surface area (Å²) in [6.07, 6.45) is 6.30. The van der Waals surface area contributed by atoms with Gasteiger partial charge in [0.1, 0.15) is 0 Å². The minimum atomic E-state index is -3.16. The Labute approximate surface area is 282 Å². The van der Waals surface area contributed by atoms with E-state index in [1.54, 1.807) is 0 Å². The second kappa shape index (κ2) is 12.5. The fourth-order valence-corrected chi connectivity index (χ4v) is 10.2. The molecule has 3 heteroatoms. The van der Waals surface area contributed by atoms with Gasteiger partial charge in [0, 0.05) is 33.2 Å². The maximum atomic E-state index is 15.4. The topological polar surface area (TPSA) is 30.0 Å². The smallest absolute Gasteiger partial charge is 0.171 e. The molecule has 0 atom stereocenters. The molecule has 7 aromatic carbocycles. The Bertz CT molecular complexity index is 2360. The van der Waals surface area contributed by atoms with Gasteiger partial charge in [-0.25, -0.2) is 0 Å². The number of fused-ring (bicyclic) bond motifs is 6. The van der Waals surface area contributed by atoms with Crippen LogP contribution in [0.2, 0.25) is 0 Å². The van der Waals surface area contributed by atoms with Gasteiger partial charge >= 0.3 is 0 Å². The third-order valence-electron chi connectivity index (χ3n) is 9.74. The van der Waals surface area contributed by atoms with Gasteiger partial charge in [-0.1, -0.05) is 148 Å². The van der Waals surface area contributed by atoms with E-state index in [-0.39, 0.29) is 0 Å². The quantitative estimate of drug-likeness (QED) is 0.0941. The Balaban J connectivity index is 1.44. The molecule has 0 saturated heterocycles. The summed E-state index contributed by atoms with van der Waals surface area (Å²) in [6, 6.07) is 49.0. The first kappa shape index (κ1) is 30.3. The van der Waals surface area contributed by atoms with Crippen molar-refractivity contribution < 1.29 is 4.57 Å². The first-order valence-corrected chi connectivity index (χ1v) is 18.8. The highest BCUT2D eigenvalue weighted by Crippen LogP contribution is 2.45. The maximum Gasteiger partial charge on any atom is 0.171 e. The normalized spacial score (nSPS) is 12.0. The van der Waals surface area contributed by atoms with Crippen molar-refractivity contribution in [3.63, 3.8) is 0 Å². The molecular weight excluding hydrogens is 601 g/mol. The van der Waals surface area contributed by atoms with E-state index < -0.39 is 7.14 Å². The first-order chi connectivity index (χ1) is 23.6. The number of hydrogen-bond donors (Lipinski definition) is 0. The van der Waals surface area contributed by atoms with Crippen molar-refractivity contribution in [2.45, 2.75) is 39.5 Å². The van der Waals surface area contributed by atoms with E-state index in [0.29, 0.717) is 0 Å². The van der Waals surface area contributed by atoms with Crippen molar-refractivity contribution in [3.05, 3.63) is 157 Å². The summed E-state index contributed by atoms with van der Waals surface area (Å²) < 4.78 is 15.4. The lowest BCUT2D eigenvalue weighted by Gasteiger charge is -2.21. The molecule has 0 aliphatic rings. The molecule has 0 aliphatic carbocycles. The molecule has 48 heavy (non-hydrogen) atoms. The average Bonchev–Trinajstić information content (AvgIpc) is 3.14. The molecule has 8 rings (SSSR count). The lowest BCUT2D eigenvalue weighted by molar-refractivity contribution is 0.592. The summed E-state index contributed by atoms with van der Waals surface area (Å²) in [6.45, 7) is 4.43. The molecule has 234 valence electrons. The van der Waals surface area contributed by atoms with Crippen LogP contribution in [0.4, 0.5) is 0 Å². The van der Waals surface area contributed by atoms with E-state index in [2.05, 4.69) is 92.8 Å². The molecule has 1 aromatic heterocycles. The summed E-state index contributed by atoms with van der Waals surface area (Å²) >= 11 is 0. The van der Waals surface area contributed by atoms with Crippen molar-refractivity contribution in [1.82, 2.24) is 4.98 Å². The molecule has 0 unspecified atom stereocenters. The van der Waals surface area contributed by atoms with E-state index in [4.69, 9.17) is 4.98 Å². The zero-order valence-corrected chi connectivity index (χ0v) is 28.4. The Hall–Kier alpha value is -5.04. The summed E-state index contributed by atoms with van der Waals surface area (Å²) in [4.78, 5) is 4.90. The van der Waals surface area contributed by atoms with Gasteiger partial charge in [0.15, 0.2) is 7.14 Å². The van der Waals surface area contributed by atoms with Crippen molar-refractivity contribution in [3.8, 4) is 11.1 Å². The SMILES string of the molecule is CCCc1ccc2c(ccc3c(-c4cccc(P(=O)(c5ccccc5)c5ccccc5)c4)c4ccc5cc(CCC)ncc5c4cc32)c1. The molecule has 0 radical (unpaired) electrons. The van der Waals surface area contributed by atoms with Crippen LogP contribution in [0.15, 0.2) is 146 Å². The second-order valence-corrected chi connectivity index (χ2v) is 15.6. The van der Waals surface area contributed by atoms with Crippen LogP contribution < -0.4 is 15.9 Å². The Morgan fingerprint density at radius 2 is 1.10 bits per heavy atom. The number of hydrogen-bond acceptors (Lipinski definition) is 2. The molecule has 0 spiro atoms. The third kappa shape index (κ3) is 5.13. The molecule has 0 bridgehead atoms. The van der Waals surface area contributed by atoms with Crippen LogP contribution in [-0.4, -0.2) is 4.98 Å². The van der Waals surface area contributed by atoms with E-state index in [9.17, 15) is 0 Å². The first-order valence-electron chi connectivity index (χ1n) is 17.1. The zero-order valence-electron chi connectivity index (χ0n) is 27.5. The van der Waals surface area contributed by atoms with Gasteiger partial charge in [-0.3, -0.25) is 4.98 Å². The van der Waals surface area contributed by atoms with Gasteiger partial charge in [-0.15, -0.1) is 0 Å². The number of rotatable bonds is 8. The summed E-state index contributed by atoms with van der Waals surface area (Å²) in [5, 5.41) is 12.2. The molecule has 1 heterocycles. The Morgan fingerprint density at radius 3 is 1.77 bits per heavy atom. The van der Waals surface area contributed by atoms with E-state index in [0.717, 1.165) is 63.8 Å². The minimum Gasteiger partial charge on any atom is -0.309 e. The number of pyridine rings is 1. The number of aromatic nitrogens is 1. The average molecular weight is 640 g/mol. The molecule has 0 fully saturated rings. The van der Waals surface area contributed by atoms with Crippen molar-refractivity contribution in [1.29, 1.82) is 0 Å². The van der Waals surface area contributed by atoms with Crippen LogP contribution in [0.1, 0.15) is 37.9 Å². The van der Waals surface area contributed by atoms with E-state index >= 15 is 4.57 Å². The third-order valence-corrected chi connectivity index (χ3v) is 12.8. The van der Waals surface area contributed by atoms with Gasteiger partial charge in [-0.05, 0) is 85.4 Å². The minimum absolute atomic E-state index is 0.833. The lowest BCUT2D eigenvalue weighted by Crippen LogP contribution is -2.25. The highest BCUT2D eigenvalue weighted by molar-refractivity contribution is 7.85. The Morgan fingerprint density at radius 1 is 0.500 bits per heavy atom. The largest absolute Gasteiger partial charge is 0.309 e. The van der Waals surface area contributed by atoms with Gasteiger partial charge in [-0.2, -0.15) is 0 Å². The van der Waals surface area contributed by atoms with Gasteiger partial charge in [0.05, 0.1) is 0 Å². The summed E-state index contributed by atoms with van der Waals surface area (Å²) in [5.74, 6) is 0. The second-order valence-electron chi connectivity index (χ2n) is 12.9. The van der Waals surface area contributed by atoms with E-state index in [1.807, 2.05) is 66.7 Å². The fraction of sp³-hybridized carbons (Fsp3) is 0.133. The van der Waals surface area contributed by atoms with Gasteiger partial charge < -0.3 is 4.57 Å². The van der Waals surface area contributed by atoms with Crippen LogP contribution >= 0.6 is 7.14 Å². The predicted octanol–water partition coefficient (Wildman–Crippen LogP) is 10.9. The lowest BCUT2D eigenvalue weighted by atomic mass is 9.88. The molecule has 8 aromatic rings. The Kier molecular flexibility index (Phi) is 7.91.